The topological polar surface area (TPSA) is 181 Å². The van der Waals surface area contributed by atoms with Gasteiger partial charge in [0.05, 0.1) is 17.4 Å². The minimum atomic E-state index is -1.13. The maximum absolute atomic E-state index is 11.7. The Balaban J connectivity index is 1.48. The number of anilines is 1. The van der Waals surface area contributed by atoms with Crippen LogP contribution in [0.15, 0.2) is 58.9 Å². The Morgan fingerprint density at radius 1 is 1.07 bits per heavy atom. The van der Waals surface area contributed by atoms with Crippen LogP contribution in [0.25, 0.3) is 21.7 Å². The predicted molar refractivity (Wildman–Crippen MR) is 162 cm³/mol. The fourth-order valence-electron chi connectivity index (χ4n) is 3.74. The van der Waals surface area contributed by atoms with Crippen LogP contribution >= 0.6 is 34.7 Å². The molecule has 42 heavy (non-hydrogen) atoms. The van der Waals surface area contributed by atoms with Gasteiger partial charge in [0, 0.05) is 27.3 Å². The van der Waals surface area contributed by atoms with E-state index in [9.17, 15) is 20.4 Å². The molecule has 0 amide bonds. The molecule has 0 bridgehead atoms. The summed E-state index contributed by atoms with van der Waals surface area (Å²) in [5.74, 6) is 0.212. The molecule has 2 heterocycles. The van der Waals surface area contributed by atoms with E-state index in [0.29, 0.717) is 32.7 Å². The lowest BCUT2D eigenvalue weighted by molar-refractivity contribution is -0.148. The van der Waals surface area contributed by atoms with E-state index in [2.05, 4.69) is 22.1 Å². The molecule has 0 aliphatic heterocycles. The van der Waals surface area contributed by atoms with Crippen LogP contribution in [-0.4, -0.2) is 46.4 Å². The number of aliphatic hydroxyl groups excluding tert-OH is 1. The number of nitrogens with two attached hydrogens (primary N) is 2. The van der Waals surface area contributed by atoms with E-state index in [-0.39, 0.29) is 30.2 Å². The molecule has 0 fully saturated rings. The second-order valence-corrected chi connectivity index (χ2v) is 11.2. The molecule has 2 atom stereocenters. The number of thioether (sulfide) groups is 1. The van der Waals surface area contributed by atoms with Gasteiger partial charge in [0.1, 0.15) is 58.6 Å². The normalized spacial score (nSPS) is 12.1. The van der Waals surface area contributed by atoms with Gasteiger partial charge in [-0.3, -0.25) is 4.79 Å². The fourth-order valence-corrected chi connectivity index (χ4v) is 5.69. The summed E-state index contributed by atoms with van der Waals surface area (Å²) < 4.78 is 10.6. The molecular weight excluding hydrogens is 596 g/mol. The monoisotopic (exact) mass is 620 g/mol. The quantitative estimate of drug-likeness (QED) is 0.119. The Morgan fingerprint density at radius 2 is 1.74 bits per heavy atom. The molecule has 0 unspecified atom stereocenters. The number of carbonyl (C=O) groups excluding carboxylic acids is 1. The molecule has 4 aromatic rings. The Bertz CT molecular complexity index is 1650. The van der Waals surface area contributed by atoms with Gasteiger partial charge in [0.15, 0.2) is 0 Å². The lowest BCUT2D eigenvalue weighted by atomic mass is 9.97. The number of benzene rings is 2. The summed E-state index contributed by atoms with van der Waals surface area (Å²) >= 11 is 8.80. The fraction of sp³-hybridized carbons (Fsp3) is 0.207. The molecule has 0 spiro atoms. The number of halogens is 1. The van der Waals surface area contributed by atoms with E-state index in [4.69, 9.17) is 32.5 Å². The van der Waals surface area contributed by atoms with Crippen molar-refractivity contribution in [3.63, 3.8) is 0 Å². The SMILES string of the molecule is C[C@@H](O)[C@H](N)C(=O)OCCOc1ccc(-c2c(C#N)c(N)nc(SCc3csc(-c4ccc(Cl)cc4)n3)c2C#N)cc1. The Kier molecular flexibility index (Phi) is 10.4. The van der Waals surface area contributed by atoms with Crippen molar-refractivity contribution in [3.8, 4) is 39.6 Å². The average molecular weight is 621 g/mol. The number of rotatable bonds is 11. The lowest BCUT2D eigenvalue weighted by Gasteiger charge is -2.14. The third kappa shape index (κ3) is 7.36. The van der Waals surface area contributed by atoms with Crippen LogP contribution in [0.2, 0.25) is 5.02 Å². The highest BCUT2D eigenvalue weighted by Gasteiger charge is 2.22. The number of carbonyl (C=O) groups is 1. The Hall–Kier alpha value is -4.17. The van der Waals surface area contributed by atoms with Gasteiger partial charge in [-0.05, 0) is 36.8 Å². The number of hydrogen-bond acceptors (Lipinski definition) is 12. The van der Waals surface area contributed by atoms with Gasteiger partial charge in [-0.1, -0.05) is 47.6 Å². The zero-order chi connectivity index (χ0) is 30.2. The first-order chi connectivity index (χ1) is 20.2. The van der Waals surface area contributed by atoms with Crippen molar-refractivity contribution in [3.05, 3.63) is 75.8 Å². The van der Waals surface area contributed by atoms with E-state index >= 15 is 0 Å². The molecule has 0 saturated heterocycles. The zero-order valence-electron chi connectivity index (χ0n) is 22.3. The first-order valence-corrected chi connectivity index (χ1v) is 14.8. The number of hydrogen-bond donors (Lipinski definition) is 3. The number of aliphatic hydroxyl groups is 1. The van der Waals surface area contributed by atoms with Crippen LogP contribution in [0.5, 0.6) is 5.75 Å². The summed E-state index contributed by atoms with van der Waals surface area (Å²) in [7, 11) is 0. The van der Waals surface area contributed by atoms with Gasteiger partial charge in [-0.25, -0.2) is 9.97 Å². The predicted octanol–water partition coefficient (Wildman–Crippen LogP) is 4.77. The van der Waals surface area contributed by atoms with Crippen molar-refractivity contribution >= 4 is 46.5 Å². The van der Waals surface area contributed by atoms with Crippen LogP contribution in [0.1, 0.15) is 23.7 Å². The molecule has 10 nitrogen and oxygen atoms in total. The van der Waals surface area contributed by atoms with E-state index in [1.807, 2.05) is 29.6 Å². The smallest absolute Gasteiger partial charge is 0.325 e. The lowest BCUT2D eigenvalue weighted by Crippen LogP contribution is -2.41. The number of nitriles is 2. The molecule has 2 aromatic carbocycles. The largest absolute Gasteiger partial charge is 0.490 e. The maximum Gasteiger partial charge on any atom is 0.325 e. The first-order valence-electron chi connectivity index (χ1n) is 12.5. The summed E-state index contributed by atoms with van der Waals surface area (Å²) in [4.78, 5) is 20.8. The number of pyridine rings is 1. The zero-order valence-corrected chi connectivity index (χ0v) is 24.7. The van der Waals surface area contributed by atoms with Crippen molar-refractivity contribution in [2.45, 2.75) is 29.8 Å². The average Bonchev–Trinajstić information content (AvgIpc) is 3.47. The second-order valence-electron chi connectivity index (χ2n) is 8.90. The van der Waals surface area contributed by atoms with Crippen molar-refractivity contribution in [2.75, 3.05) is 18.9 Å². The first kappa shape index (κ1) is 30.8. The number of nitrogen functional groups attached to an aromatic ring is 1. The molecule has 5 N–H and O–H groups in total. The standard InChI is InChI=1S/C29H25ClN6O4S2/c1-16(37)25(33)29(38)40-11-10-39-21-8-4-17(5-9-21)24-22(12-31)26(34)36-28(23(24)13-32)42-15-20-14-41-27(35-20)18-2-6-19(30)7-3-18/h2-9,14,16,25,37H,10-11,15,33H2,1H3,(H2,34,36)/t16-,25+/m1/s1. The molecule has 0 aliphatic carbocycles. The summed E-state index contributed by atoms with van der Waals surface area (Å²) in [5.41, 5.74) is 14.8. The van der Waals surface area contributed by atoms with Crippen LogP contribution in [0, 0.1) is 22.7 Å². The number of aromatic nitrogens is 2. The van der Waals surface area contributed by atoms with E-state index in [1.54, 1.807) is 24.3 Å². The van der Waals surface area contributed by atoms with Crippen molar-refractivity contribution < 1.29 is 19.4 Å². The molecule has 0 saturated carbocycles. The molecule has 0 aliphatic rings. The van der Waals surface area contributed by atoms with Crippen molar-refractivity contribution in [1.82, 2.24) is 9.97 Å². The van der Waals surface area contributed by atoms with Gasteiger partial charge in [0.25, 0.3) is 0 Å². The molecule has 214 valence electrons. The van der Waals surface area contributed by atoms with Gasteiger partial charge in [0.2, 0.25) is 0 Å². The number of nitrogens with zero attached hydrogens (tertiary/aromatic N) is 4. The highest BCUT2D eigenvalue weighted by Crippen LogP contribution is 2.37. The maximum atomic E-state index is 11.7. The molecule has 2 aromatic heterocycles. The van der Waals surface area contributed by atoms with E-state index in [0.717, 1.165) is 16.3 Å². The molecular formula is C29H25ClN6O4S2. The third-order valence-corrected chi connectivity index (χ3v) is 8.15. The van der Waals surface area contributed by atoms with Gasteiger partial charge in [-0.15, -0.1) is 11.3 Å². The summed E-state index contributed by atoms with van der Waals surface area (Å²) in [6.45, 7) is 1.40. The van der Waals surface area contributed by atoms with Crippen molar-refractivity contribution in [2.24, 2.45) is 5.73 Å². The third-order valence-electron chi connectivity index (χ3n) is 5.95. The van der Waals surface area contributed by atoms with E-state index < -0.39 is 18.1 Å². The van der Waals surface area contributed by atoms with Crippen LogP contribution in [-0.2, 0) is 15.3 Å². The van der Waals surface area contributed by atoms with E-state index in [1.165, 1.54) is 30.0 Å². The van der Waals surface area contributed by atoms with Gasteiger partial charge < -0.3 is 26.0 Å². The second kappa shape index (κ2) is 14.1. The molecule has 13 heteroatoms. The van der Waals surface area contributed by atoms with Gasteiger partial charge in [-0.2, -0.15) is 10.5 Å². The van der Waals surface area contributed by atoms with Crippen LogP contribution < -0.4 is 16.2 Å². The highest BCUT2D eigenvalue weighted by molar-refractivity contribution is 7.98. The minimum absolute atomic E-state index is 0.0201. The highest BCUT2D eigenvalue weighted by atomic mass is 35.5. The Morgan fingerprint density at radius 3 is 2.38 bits per heavy atom. The van der Waals surface area contributed by atoms with Crippen LogP contribution in [0.4, 0.5) is 5.82 Å². The van der Waals surface area contributed by atoms with Crippen LogP contribution in [0.3, 0.4) is 0 Å². The van der Waals surface area contributed by atoms with Gasteiger partial charge >= 0.3 is 5.97 Å². The van der Waals surface area contributed by atoms with Crippen molar-refractivity contribution in [1.29, 1.82) is 10.5 Å². The summed E-state index contributed by atoms with van der Waals surface area (Å²) in [6.07, 6.45) is -1.02. The molecule has 4 rings (SSSR count). The summed E-state index contributed by atoms with van der Waals surface area (Å²) in [6, 6.07) is 17.3. The number of thiazole rings is 1. The molecule has 0 radical (unpaired) electrons. The Labute approximate surface area is 255 Å². The minimum Gasteiger partial charge on any atom is -0.490 e. The number of ether oxygens (including phenoxy) is 2. The summed E-state index contributed by atoms with van der Waals surface area (Å²) in [5, 5.41) is 33.1. The number of esters is 1.